The van der Waals surface area contributed by atoms with Crippen LogP contribution in [0, 0.1) is 13.8 Å². The third kappa shape index (κ3) is 2.23. The average molecular weight is 267 g/mol. The molecule has 0 bridgehead atoms. The van der Waals surface area contributed by atoms with Gasteiger partial charge in [0.2, 0.25) is 5.82 Å². The molecule has 3 rings (SSSR count). The minimum atomic E-state index is 0.349. The molecule has 0 unspecified atom stereocenters. The lowest BCUT2D eigenvalue weighted by Gasteiger charge is -2.00. The van der Waals surface area contributed by atoms with Crippen molar-refractivity contribution in [3.05, 3.63) is 41.7 Å². The van der Waals surface area contributed by atoms with Crippen molar-refractivity contribution >= 4 is 5.69 Å². The van der Waals surface area contributed by atoms with Gasteiger partial charge in [0.25, 0.3) is 5.89 Å². The zero-order chi connectivity index (χ0) is 14.1. The molecular weight excluding hydrogens is 254 g/mol. The van der Waals surface area contributed by atoms with E-state index in [-0.39, 0.29) is 0 Å². The summed E-state index contributed by atoms with van der Waals surface area (Å²) in [6.07, 6.45) is 3.33. The van der Waals surface area contributed by atoms with Crippen molar-refractivity contribution in [3.63, 3.8) is 0 Å². The van der Waals surface area contributed by atoms with E-state index in [9.17, 15) is 0 Å². The smallest absolute Gasteiger partial charge is 0.276 e. The second kappa shape index (κ2) is 4.73. The molecule has 6 nitrogen and oxygen atoms in total. The molecule has 20 heavy (non-hydrogen) atoms. The van der Waals surface area contributed by atoms with Crippen LogP contribution in [0.25, 0.3) is 23.1 Å². The second-order valence-corrected chi connectivity index (χ2v) is 4.58. The van der Waals surface area contributed by atoms with Crippen molar-refractivity contribution in [1.82, 2.24) is 20.1 Å². The van der Waals surface area contributed by atoms with Crippen molar-refractivity contribution in [2.45, 2.75) is 13.8 Å². The minimum absolute atomic E-state index is 0.349. The number of hydrogen-bond acceptors (Lipinski definition) is 6. The van der Waals surface area contributed by atoms with Crippen LogP contribution in [0.1, 0.15) is 11.1 Å². The van der Waals surface area contributed by atoms with Gasteiger partial charge in [-0.2, -0.15) is 4.98 Å². The molecule has 3 aromatic heterocycles. The Balaban J connectivity index is 1.99. The number of nitrogen functional groups attached to an aromatic ring is 1. The molecular formula is C14H13N5O. The third-order valence-corrected chi connectivity index (χ3v) is 2.86. The summed E-state index contributed by atoms with van der Waals surface area (Å²) in [4.78, 5) is 12.8. The first kappa shape index (κ1) is 12.3. The molecule has 0 saturated carbocycles. The molecule has 3 heterocycles. The van der Waals surface area contributed by atoms with E-state index in [2.05, 4.69) is 20.1 Å². The number of pyridine rings is 2. The lowest BCUT2D eigenvalue weighted by Crippen LogP contribution is -1.92. The van der Waals surface area contributed by atoms with Crippen molar-refractivity contribution in [2.24, 2.45) is 0 Å². The van der Waals surface area contributed by atoms with Crippen molar-refractivity contribution in [3.8, 4) is 23.1 Å². The fourth-order valence-electron chi connectivity index (χ4n) is 1.90. The van der Waals surface area contributed by atoms with Gasteiger partial charge in [-0.05, 0) is 37.1 Å². The van der Waals surface area contributed by atoms with Crippen molar-refractivity contribution < 1.29 is 4.52 Å². The number of rotatable bonds is 2. The Labute approximate surface area is 115 Å². The summed E-state index contributed by atoms with van der Waals surface area (Å²) in [7, 11) is 0. The third-order valence-electron chi connectivity index (χ3n) is 2.86. The number of nitrogens with two attached hydrogens (primary N) is 1. The molecule has 0 saturated heterocycles. The first-order valence-corrected chi connectivity index (χ1v) is 6.13. The molecule has 0 aliphatic rings. The highest BCUT2D eigenvalue weighted by molar-refractivity contribution is 5.58. The average Bonchev–Trinajstić information content (AvgIpc) is 2.89. The molecule has 0 aromatic carbocycles. The normalized spacial score (nSPS) is 10.7. The summed E-state index contributed by atoms with van der Waals surface area (Å²) in [6, 6.07) is 5.50. The second-order valence-electron chi connectivity index (χ2n) is 4.58. The van der Waals surface area contributed by atoms with Gasteiger partial charge in [0.1, 0.15) is 11.4 Å². The Kier molecular flexibility index (Phi) is 2.90. The molecule has 0 atom stereocenters. The predicted molar refractivity (Wildman–Crippen MR) is 74.6 cm³/mol. The van der Waals surface area contributed by atoms with Crippen molar-refractivity contribution in [1.29, 1.82) is 0 Å². The molecule has 0 aliphatic carbocycles. The number of anilines is 1. The van der Waals surface area contributed by atoms with E-state index < -0.39 is 0 Å². The Morgan fingerprint density at radius 3 is 2.65 bits per heavy atom. The van der Waals surface area contributed by atoms with E-state index in [0.717, 1.165) is 11.1 Å². The largest absolute Gasteiger partial charge is 0.397 e. The zero-order valence-corrected chi connectivity index (χ0v) is 11.2. The van der Waals surface area contributed by atoms with E-state index in [1.165, 1.54) is 0 Å². The summed E-state index contributed by atoms with van der Waals surface area (Å²) in [5.41, 5.74) is 9.57. The quantitative estimate of drug-likeness (QED) is 0.766. The van der Waals surface area contributed by atoms with E-state index in [4.69, 9.17) is 10.3 Å². The van der Waals surface area contributed by atoms with Crippen LogP contribution in [0.4, 0.5) is 5.69 Å². The van der Waals surface area contributed by atoms with E-state index >= 15 is 0 Å². The Morgan fingerprint density at radius 2 is 1.95 bits per heavy atom. The van der Waals surface area contributed by atoms with Gasteiger partial charge in [0.15, 0.2) is 0 Å². The monoisotopic (exact) mass is 267 g/mol. The van der Waals surface area contributed by atoms with Crippen LogP contribution in [-0.2, 0) is 0 Å². The lowest BCUT2D eigenvalue weighted by molar-refractivity contribution is 0.430. The summed E-state index contributed by atoms with van der Waals surface area (Å²) in [5, 5.41) is 3.96. The van der Waals surface area contributed by atoms with Gasteiger partial charge in [0.05, 0.1) is 11.9 Å². The van der Waals surface area contributed by atoms with Crippen LogP contribution in [-0.4, -0.2) is 20.1 Å². The topological polar surface area (TPSA) is 90.7 Å². The minimum Gasteiger partial charge on any atom is -0.397 e. The zero-order valence-electron chi connectivity index (χ0n) is 11.2. The fraction of sp³-hybridized carbons (Fsp3) is 0.143. The lowest BCUT2D eigenvalue weighted by atomic mass is 10.1. The summed E-state index contributed by atoms with van der Waals surface area (Å²) < 4.78 is 5.23. The van der Waals surface area contributed by atoms with E-state index in [1.54, 1.807) is 24.5 Å². The maximum Gasteiger partial charge on any atom is 0.276 e. The highest BCUT2D eigenvalue weighted by atomic mass is 16.5. The van der Waals surface area contributed by atoms with E-state index in [0.29, 0.717) is 28.8 Å². The number of nitrogens with zero attached hydrogens (tertiary/aromatic N) is 4. The van der Waals surface area contributed by atoms with Gasteiger partial charge in [-0.1, -0.05) is 11.2 Å². The van der Waals surface area contributed by atoms with Crippen LogP contribution in [0.5, 0.6) is 0 Å². The van der Waals surface area contributed by atoms with Gasteiger partial charge >= 0.3 is 0 Å². The standard InChI is InChI=1S/C14H13N5O/c1-8-5-9(2)12(17-6-8)13-18-14(20-19-13)11-4-3-10(15)7-16-11/h3-7H,15H2,1-2H3. The van der Waals surface area contributed by atoms with Crippen LogP contribution >= 0.6 is 0 Å². The van der Waals surface area contributed by atoms with Crippen LogP contribution in [0.2, 0.25) is 0 Å². The molecule has 6 heteroatoms. The molecule has 0 amide bonds. The maximum atomic E-state index is 5.60. The number of hydrogen-bond donors (Lipinski definition) is 1. The number of aryl methyl sites for hydroxylation is 2. The van der Waals surface area contributed by atoms with Crippen LogP contribution in [0.3, 0.4) is 0 Å². The molecule has 0 aliphatic heterocycles. The highest BCUT2D eigenvalue weighted by Gasteiger charge is 2.14. The Morgan fingerprint density at radius 1 is 1.10 bits per heavy atom. The Bertz CT molecular complexity index is 749. The number of aromatic nitrogens is 4. The fourth-order valence-corrected chi connectivity index (χ4v) is 1.90. The molecule has 0 fully saturated rings. The molecule has 2 N–H and O–H groups in total. The van der Waals surface area contributed by atoms with Crippen LogP contribution in [0.15, 0.2) is 35.1 Å². The van der Waals surface area contributed by atoms with Gasteiger partial charge < -0.3 is 10.3 Å². The molecule has 0 radical (unpaired) electrons. The molecule has 100 valence electrons. The van der Waals surface area contributed by atoms with Gasteiger partial charge in [-0.15, -0.1) is 0 Å². The summed E-state index contributed by atoms with van der Waals surface area (Å²) in [5.74, 6) is 0.804. The van der Waals surface area contributed by atoms with Gasteiger partial charge in [0, 0.05) is 6.20 Å². The molecule has 3 aromatic rings. The van der Waals surface area contributed by atoms with E-state index in [1.807, 2.05) is 19.9 Å². The first-order chi connectivity index (χ1) is 9.63. The summed E-state index contributed by atoms with van der Waals surface area (Å²) >= 11 is 0. The molecule has 0 spiro atoms. The highest BCUT2D eigenvalue weighted by Crippen LogP contribution is 2.22. The first-order valence-electron chi connectivity index (χ1n) is 6.13. The maximum absolute atomic E-state index is 5.60. The van der Waals surface area contributed by atoms with Gasteiger partial charge in [-0.3, -0.25) is 4.98 Å². The predicted octanol–water partition coefficient (Wildman–Crippen LogP) is 2.39. The SMILES string of the molecule is Cc1cnc(-c2noc(-c3ccc(N)cn3)n2)c(C)c1. The van der Waals surface area contributed by atoms with Crippen molar-refractivity contribution in [2.75, 3.05) is 5.73 Å². The van der Waals surface area contributed by atoms with Gasteiger partial charge in [-0.25, -0.2) is 4.98 Å². The van der Waals surface area contributed by atoms with Crippen LogP contribution < -0.4 is 5.73 Å². The Hall–Kier alpha value is -2.76. The summed E-state index contributed by atoms with van der Waals surface area (Å²) in [6.45, 7) is 3.95.